The molecule has 0 radical (unpaired) electrons. The van der Waals surface area contributed by atoms with E-state index in [1.165, 1.54) is 0 Å². The van der Waals surface area contributed by atoms with E-state index in [4.69, 9.17) is 28.4 Å². The van der Waals surface area contributed by atoms with Gasteiger partial charge in [0.05, 0.1) is 38.6 Å². The summed E-state index contributed by atoms with van der Waals surface area (Å²) in [6.07, 6.45) is 27.3. The second-order valence-corrected chi connectivity index (χ2v) is 20.0. The molecule has 3 aliphatic rings. The minimum Gasteiger partial charge on any atom is -0.394 e. The van der Waals surface area contributed by atoms with Crippen LogP contribution in [0.3, 0.4) is 0 Å². The molecule has 0 bridgehead atoms. The zero-order valence-corrected chi connectivity index (χ0v) is 46.5. The zero-order chi connectivity index (χ0) is 57.6. The maximum Gasteiger partial charge on any atom is 0.220 e. The van der Waals surface area contributed by atoms with Crippen LogP contribution in [-0.4, -0.2) is 193 Å². The number of carbonyl (C=O) groups is 1. The van der Waals surface area contributed by atoms with Crippen molar-refractivity contribution < 1.29 is 89.4 Å². The van der Waals surface area contributed by atoms with Crippen LogP contribution >= 0.6 is 0 Å². The molecule has 3 rings (SSSR count). The molecule has 12 N–H and O–H groups in total. The maximum absolute atomic E-state index is 13.2. The fraction of sp³-hybridized carbons (Fsp3) is 0.683. The summed E-state index contributed by atoms with van der Waals surface area (Å²) < 4.78 is 34.0. The molecule has 0 aromatic carbocycles. The third kappa shape index (κ3) is 26.5. The lowest BCUT2D eigenvalue weighted by molar-refractivity contribution is -0.379. The zero-order valence-electron chi connectivity index (χ0n) is 46.5. The van der Waals surface area contributed by atoms with Crippen LogP contribution in [0.2, 0.25) is 0 Å². The number of hydrogen-bond donors (Lipinski definition) is 12. The molecule has 0 spiro atoms. The normalized spacial score (nSPS) is 31.1. The van der Waals surface area contributed by atoms with E-state index in [2.05, 4.69) is 116 Å². The largest absolute Gasteiger partial charge is 0.394 e. The summed E-state index contributed by atoms with van der Waals surface area (Å²) in [7, 11) is 0. The van der Waals surface area contributed by atoms with Crippen molar-refractivity contribution in [1.82, 2.24) is 5.32 Å². The standard InChI is InChI=1S/C60H97NO18/c1-3-5-7-9-10-11-12-13-14-15-16-17-18-19-20-21-22-23-24-25-26-27-28-29-30-31-32-34-36-38-48(66)61-43(44(65)37-35-33-8-6-4-2)42-74-58-54(72)51(69)56(46(40-63)76-58)79-60-55(73)52(70)57(47(41-64)77-60)78-59-53(71)50(68)49(67)45(39-62)75-59/h5,7,10-11,13-14,16-17,19-20,22-23,25-26,28-29,35,37,43-47,49-60,62-65,67-73H,3-4,6,8-9,12,15,18,21,24,27,30-34,36,38-42H2,1-2H3,(H,61,66)/b7-5-,11-10-,14-13-,17-16-,20-19-,23-22-,26-25-,29-28-,37-35+. The van der Waals surface area contributed by atoms with Gasteiger partial charge in [-0.1, -0.05) is 149 Å². The molecule has 450 valence electrons. The number of aliphatic hydroxyl groups excluding tert-OH is 11. The first-order valence-electron chi connectivity index (χ1n) is 28.6. The van der Waals surface area contributed by atoms with Gasteiger partial charge in [0.25, 0.3) is 0 Å². The van der Waals surface area contributed by atoms with Crippen LogP contribution in [0.4, 0.5) is 0 Å². The second kappa shape index (κ2) is 42.3. The molecule has 0 aromatic rings. The molecular weight excluding hydrogens is 1020 g/mol. The van der Waals surface area contributed by atoms with Gasteiger partial charge in [0.1, 0.15) is 73.2 Å². The van der Waals surface area contributed by atoms with Gasteiger partial charge < -0.3 is 89.9 Å². The van der Waals surface area contributed by atoms with Crippen molar-refractivity contribution in [3.8, 4) is 0 Å². The molecule has 19 nitrogen and oxygen atoms in total. The molecule has 17 atom stereocenters. The van der Waals surface area contributed by atoms with Crippen molar-refractivity contribution >= 4 is 5.91 Å². The third-order valence-corrected chi connectivity index (χ3v) is 13.6. The van der Waals surface area contributed by atoms with Crippen LogP contribution < -0.4 is 5.32 Å². The number of unbranched alkanes of at least 4 members (excludes halogenated alkanes) is 7. The van der Waals surface area contributed by atoms with Crippen LogP contribution in [0.15, 0.2) is 109 Å². The molecule has 0 aliphatic carbocycles. The lowest BCUT2D eigenvalue weighted by Gasteiger charge is -2.48. The first-order valence-corrected chi connectivity index (χ1v) is 28.6. The predicted molar refractivity (Wildman–Crippen MR) is 300 cm³/mol. The van der Waals surface area contributed by atoms with Crippen molar-refractivity contribution in [2.75, 3.05) is 26.4 Å². The van der Waals surface area contributed by atoms with E-state index >= 15 is 0 Å². The van der Waals surface area contributed by atoms with Crippen LogP contribution in [0.5, 0.6) is 0 Å². The van der Waals surface area contributed by atoms with Gasteiger partial charge >= 0.3 is 0 Å². The van der Waals surface area contributed by atoms with Gasteiger partial charge in [0.15, 0.2) is 18.9 Å². The summed E-state index contributed by atoms with van der Waals surface area (Å²) >= 11 is 0. The summed E-state index contributed by atoms with van der Waals surface area (Å²) in [4.78, 5) is 13.2. The number of allylic oxidation sites excluding steroid dienone is 17. The summed E-state index contributed by atoms with van der Waals surface area (Å²) in [6.45, 7) is 1.41. The van der Waals surface area contributed by atoms with E-state index in [9.17, 15) is 61.0 Å². The molecule has 79 heavy (non-hydrogen) atoms. The Bertz CT molecular complexity index is 1870. The minimum absolute atomic E-state index is 0.204. The van der Waals surface area contributed by atoms with Crippen molar-refractivity contribution in [2.24, 2.45) is 0 Å². The molecular formula is C60H97NO18. The van der Waals surface area contributed by atoms with Gasteiger partial charge in [-0.2, -0.15) is 0 Å². The highest BCUT2D eigenvalue weighted by Gasteiger charge is 2.53. The van der Waals surface area contributed by atoms with E-state index in [0.717, 1.165) is 96.3 Å². The molecule has 3 saturated heterocycles. The van der Waals surface area contributed by atoms with Crippen LogP contribution in [0.1, 0.15) is 129 Å². The highest BCUT2D eigenvalue weighted by molar-refractivity contribution is 5.76. The average molecular weight is 1120 g/mol. The lowest BCUT2D eigenvalue weighted by atomic mass is 9.96. The van der Waals surface area contributed by atoms with Gasteiger partial charge in [0, 0.05) is 6.42 Å². The monoisotopic (exact) mass is 1120 g/mol. The summed E-state index contributed by atoms with van der Waals surface area (Å²) in [6, 6.07) is -0.991. The Morgan fingerprint density at radius 3 is 1.35 bits per heavy atom. The van der Waals surface area contributed by atoms with E-state index in [-0.39, 0.29) is 18.9 Å². The fourth-order valence-corrected chi connectivity index (χ4v) is 8.85. The smallest absolute Gasteiger partial charge is 0.220 e. The maximum atomic E-state index is 13.2. The number of aliphatic hydroxyl groups is 11. The highest BCUT2D eigenvalue weighted by Crippen LogP contribution is 2.33. The number of nitrogens with one attached hydrogen (secondary N) is 1. The van der Waals surface area contributed by atoms with Crippen LogP contribution in [-0.2, 0) is 33.2 Å². The average Bonchev–Trinajstić information content (AvgIpc) is 3.48. The Morgan fingerprint density at radius 1 is 0.468 bits per heavy atom. The van der Waals surface area contributed by atoms with Gasteiger partial charge in [-0.25, -0.2) is 0 Å². The van der Waals surface area contributed by atoms with Crippen LogP contribution in [0, 0.1) is 0 Å². The van der Waals surface area contributed by atoms with Gasteiger partial charge in [0.2, 0.25) is 5.91 Å². The first kappa shape index (κ1) is 69.7. The highest BCUT2D eigenvalue weighted by atomic mass is 16.8. The Labute approximate surface area is 468 Å². The predicted octanol–water partition coefficient (Wildman–Crippen LogP) is 4.36. The number of carbonyl (C=O) groups excluding carboxylic acids is 1. The summed E-state index contributed by atoms with van der Waals surface area (Å²) in [5, 5.41) is 119. The van der Waals surface area contributed by atoms with E-state index in [0.29, 0.717) is 12.8 Å². The quantitative estimate of drug-likeness (QED) is 0.0301. The topological polar surface area (TPSA) is 307 Å². The van der Waals surface area contributed by atoms with E-state index in [1.807, 2.05) is 6.08 Å². The number of amides is 1. The van der Waals surface area contributed by atoms with Crippen molar-refractivity contribution in [2.45, 2.75) is 234 Å². The first-order chi connectivity index (χ1) is 38.3. The SMILES string of the molecule is CC/C=C\C/C=C\C/C=C\C/C=C\C/C=C\C/C=C\C/C=C\C/C=C\CCCCCCC(=O)NC(COC1OC(CO)C(OC2OC(CO)C(OC3OC(CO)C(O)C(O)C3O)C(O)C2O)C(O)C1O)C(O)/C=C/CCCCC. The van der Waals surface area contributed by atoms with E-state index < -0.39 is 124 Å². The summed E-state index contributed by atoms with van der Waals surface area (Å²) in [5.74, 6) is -0.315. The Morgan fingerprint density at radius 2 is 0.873 bits per heavy atom. The molecule has 1 amide bonds. The van der Waals surface area contributed by atoms with Crippen LogP contribution in [0.25, 0.3) is 0 Å². The Balaban J connectivity index is 1.39. The molecule has 0 aromatic heterocycles. The Hall–Kier alpha value is -3.55. The molecule has 3 heterocycles. The van der Waals surface area contributed by atoms with Gasteiger partial charge in [-0.15, -0.1) is 0 Å². The van der Waals surface area contributed by atoms with Crippen molar-refractivity contribution in [3.05, 3.63) is 109 Å². The number of rotatable bonds is 39. The van der Waals surface area contributed by atoms with Crippen molar-refractivity contribution in [1.29, 1.82) is 0 Å². The molecule has 3 fully saturated rings. The molecule has 3 aliphatic heterocycles. The molecule has 0 saturated carbocycles. The third-order valence-electron chi connectivity index (χ3n) is 13.6. The minimum atomic E-state index is -1.98. The van der Waals surface area contributed by atoms with E-state index in [1.54, 1.807) is 6.08 Å². The summed E-state index contributed by atoms with van der Waals surface area (Å²) in [5.41, 5.74) is 0. The molecule has 19 heteroatoms. The lowest BCUT2D eigenvalue weighted by Crippen LogP contribution is -2.66. The van der Waals surface area contributed by atoms with Gasteiger partial charge in [-0.05, 0) is 83.5 Å². The fourth-order valence-electron chi connectivity index (χ4n) is 8.85. The Kier molecular flexibility index (Phi) is 37.3. The second-order valence-electron chi connectivity index (χ2n) is 20.0. The molecule has 17 unspecified atom stereocenters. The number of hydrogen-bond acceptors (Lipinski definition) is 18. The van der Waals surface area contributed by atoms with Gasteiger partial charge in [-0.3, -0.25) is 4.79 Å². The number of ether oxygens (including phenoxy) is 6. The van der Waals surface area contributed by atoms with Crippen molar-refractivity contribution in [3.63, 3.8) is 0 Å².